The smallest absolute Gasteiger partial charge is 0.244 e. The minimum Gasteiger partial charge on any atom is -0.366 e. The van der Waals surface area contributed by atoms with Gasteiger partial charge < -0.3 is 20.9 Å². The number of aromatic nitrogens is 2. The van der Waals surface area contributed by atoms with E-state index in [0.29, 0.717) is 51.0 Å². The molecule has 9 nitrogen and oxygen atoms in total. The van der Waals surface area contributed by atoms with E-state index in [-0.39, 0.29) is 35.3 Å². The lowest BCUT2D eigenvalue weighted by molar-refractivity contribution is -0.142. The largest absolute Gasteiger partial charge is 0.366 e. The van der Waals surface area contributed by atoms with Gasteiger partial charge in [-0.05, 0) is 67.2 Å². The Morgan fingerprint density at radius 1 is 1.26 bits per heavy atom. The summed E-state index contributed by atoms with van der Waals surface area (Å²) in [6.07, 6.45) is 5.28. The van der Waals surface area contributed by atoms with Gasteiger partial charge in [0.15, 0.2) is 0 Å². The third-order valence-corrected chi connectivity index (χ3v) is 7.64. The number of benzene rings is 1. The van der Waals surface area contributed by atoms with Crippen LogP contribution in [0.4, 0.5) is 0 Å². The summed E-state index contributed by atoms with van der Waals surface area (Å²) in [6, 6.07) is 2.13. The number of piperidine rings is 1. The van der Waals surface area contributed by atoms with Gasteiger partial charge in [-0.2, -0.15) is 5.10 Å². The van der Waals surface area contributed by atoms with Crippen molar-refractivity contribution in [2.45, 2.75) is 66.8 Å². The third-order valence-electron chi connectivity index (χ3n) is 7.64. The Morgan fingerprint density at radius 3 is 2.55 bits per heavy atom. The van der Waals surface area contributed by atoms with E-state index in [2.05, 4.69) is 37.0 Å². The van der Waals surface area contributed by atoms with Gasteiger partial charge >= 0.3 is 0 Å². The van der Waals surface area contributed by atoms with E-state index >= 15 is 0 Å². The number of allylic oxidation sites excluding steroid dienone is 1. The maximum Gasteiger partial charge on any atom is 0.244 e. The first kappa shape index (κ1) is 27.5. The summed E-state index contributed by atoms with van der Waals surface area (Å²) >= 11 is 0. The fraction of sp³-hybridized carbons (Fsp3) is 0.552. The van der Waals surface area contributed by atoms with Crippen molar-refractivity contribution in [1.82, 2.24) is 20.0 Å². The molecular formula is C29H40N6O3. The van der Waals surface area contributed by atoms with Crippen LogP contribution in [0.2, 0.25) is 0 Å². The number of likely N-dealkylation sites (tertiary alicyclic amines) is 1. The summed E-state index contributed by atoms with van der Waals surface area (Å²) < 4.78 is 0. The standard InChI is InChI=1S/C29H40N6O3/c1-17-10-20-12-21(13-25(36)34-8-6-19(7-9-34)22(27(31)37)11-18(2)30)28(38)35(16-29(3,4)5)15-24(20)23-14-32-33-26(17)23/h10-11,14,19,21,30H,6-9,12-13,15-16H2,1-5H3,(H2,31,37)(H,32,33)/b22-11-,30-18?. The summed E-state index contributed by atoms with van der Waals surface area (Å²) in [5.74, 6) is -1.02. The first-order valence-electron chi connectivity index (χ1n) is 13.4. The Kier molecular flexibility index (Phi) is 7.76. The number of nitrogens with one attached hydrogen (secondary N) is 2. The highest BCUT2D eigenvalue weighted by molar-refractivity contribution is 6.01. The topological polar surface area (TPSA) is 136 Å². The molecule has 0 aliphatic carbocycles. The number of carbonyl (C=O) groups is 3. The molecule has 4 rings (SSSR count). The van der Waals surface area contributed by atoms with Gasteiger partial charge in [0.1, 0.15) is 0 Å². The number of hydrogen-bond acceptors (Lipinski definition) is 5. The van der Waals surface area contributed by atoms with Crippen molar-refractivity contribution < 1.29 is 14.4 Å². The van der Waals surface area contributed by atoms with Gasteiger partial charge in [-0.1, -0.05) is 26.8 Å². The molecule has 0 saturated carbocycles. The zero-order valence-corrected chi connectivity index (χ0v) is 23.2. The van der Waals surface area contributed by atoms with Crippen LogP contribution in [-0.2, 0) is 27.3 Å². The minimum atomic E-state index is -0.509. The molecule has 1 saturated heterocycles. The average Bonchev–Trinajstić information content (AvgIpc) is 3.29. The van der Waals surface area contributed by atoms with Crippen LogP contribution in [0.3, 0.4) is 0 Å². The van der Waals surface area contributed by atoms with Crippen molar-refractivity contribution in [2.24, 2.45) is 23.0 Å². The van der Waals surface area contributed by atoms with Gasteiger partial charge in [-0.15, -0.1) is 0 Å². The van der Waals surface area contributed by atoms with Crippen LogP contribution < -0.4 is 5.73 Å². The van der Waals surface area contributed by atoms with Crippen molar-refractivity contribution in [2.75, 3.05) is 19.6 Å². The predicted octanol–water partition coefficient (Wildman–Crippen LogP) is 3.50. The first-order valence-corrected chi connectivity index (χ1v) is 13.4. The molecule has 2 aliphatic rings. The number of rotatable bonds is 6. The van der Waals surface area contributed by atoms with E-state index in [4.69, 9.17) is 11.1 Å². The number of nitrogens with two attached hydrogens (primary N) is 1. The normalized spacial score (nSPS) is 19.4. The Bertz CT molecular complexity index is 1290. The van der Waals surface area contributed by atoms with Crippen LogP contribution >= 0.6 is 0 Å². The quantitative estimate of drug-likeness (QED) is 0.397. The van der Waals surface area contributed by atoms with E-state index in [9.17, 15) is 14.4 Å². The number of H-pyrrole nitrogens is 1. The van der Waals surface area contributed by atoms with Crippen molar-refractivity contribution >= 4 is 34.3 Å². The molecule has 1 aromatic carbocycles. The Morgan fingerprint density at radius 2 is 1.95 bits per heavy atom. The molecular weight excluding hydrogens is 480 g/mol. The predicted molar refractivity (Wildman–Crippen MR) is 147 cm³/mol. The number of fused-ring (bicyclic) bond motifs is 3. The SMILES string of the molecule is CC(=N)/C=C(\C(N)=O)C1CCN(C(=O)CC2Cc3cc(C)c4[nH]ncc4c3CN(CC(C)(C)C)C2=O)CC1. The van der Waals surface area contributed by atoms with E-state index < -0.39 is 11.8 Å². The maximum absolute atomic E-state index is 13.8. The molecule has 2 aromatic rings. The molecule has 3 heterocycles. The molecule has 38 heavy (non-hydrogen) atoms. The summed E-state index contributed by atoms with van der Waals surface area (Å²) in [7, 11) is 0. The fourth-order valence-corrected chi connectivity index (χ4v) is 5.93. The van der Waals surface area contributed by atoms with Crippen LogP contribution in [0.5, 0.6) is 0 Å². The number of aromatic amines is 1. The highest BCUT2D eigenvalue weighted by Crippen LogP contribution is 2.34. The molecule has 2 aliphatic heterocycles. The van der Waals surface area contributed by atoms with E-state index in [1.54, 1.807) is 6.92 Å². The van der Waals surface area contributed by atoms with Gasteiger partial charge in [0.25, 0.3) is 0 Å². The van der Waals surface area contributed by atoms with Crippen molar-refractivity contribution in [1.29, 1.82) is 5.41 Å². The second-order valence-corrected chi connectivity index (χ2v) is 12.2. The van der Waals surface area contributed by atoms with Crippen LogP contribution in [0.1, 0.15) is 63.6 Å². The third kappa shape index (κ3) is 5.97. The van der Waals surface area contributed by atoms with Gasteiger partial charge in [-0.25, -0.2) is 0 Å². The molecule has 0 bridgehead atoms. The monoisotopic (exact) mass is 520 g/mol. The number of primary amides is 1. The zero-order chi connectivity index (χ0) is 27.8. The van der Waals surface area contributed by atoms with Gasteiger partial charge in [0.05, 0.1) is 17.6 Å². The minimum absolute atomic E-state index is 0.0223. The summed E-state index contributed by atoms with van der Waals surface area (Å²) in [6.45, 7) is 12.1. The molecule has 0 spiro atoms. The molecule has 9 heteroatoms. The van der Waals surface area contributed by atoms with E-state index in [1.807, 2.05) is 22.9 Å². The molecule has 204 valence electrons. The van der Waals surface area contributed by atoms with Crippen molar-refractivity contribution in [3.63, 3.8) is 0 Å². The highest BCUT2D eigenvalue weighted by atomic mass is 16.2. The van der Waals surface area contributed by atoms with Crippen LogP contribution in [0.25, 0.3) is 10.9 Å². The molecule has 1 atom stereocenters. The van der Waals surface area contributed by atoms with Crippen molar-refractivity contribution in [3.05, 3.63) is 40.6 Å². The van der Waals surface area contributed by atoms with Crippen LogP contribution in [0, 0.1) is 29.6 Å². The maximum atomic E-state index is 13.8. The number of hydrogen-bond donors (Lipinski definition) is 3. The Hall–Kier alpha value is -3.49. The molecule has 4 N–H and O–H groups in total. The molecule has 1 aromatic heterocycles. The lowest BCUT2D eigenvalue weighted by Crippen LogP contribution is -2.44. The van der Waals surface area contributed by atoms with Gasteiger partial charge in [-0.3, -0.25) is 19.5 Å². The summed E-state index contributed by atoms with van der Waals surface area (Å²) in [5, 5.41) is 16.1. The van der Waals surface area contributed by atoms with Crippen LogP contribution in [0.15, 0.2) is 23.9 Å². The van der Waals surface area contributed by atoms with Crippen molar-refractivity contribution in [3.8, 4) is 0 Å². The van der Waals surface area contributed by atoms with Gasteiger partial charge in [0.2, 0.25) is 17.7 Å². The molecule has 1 unspecified atom stereocenters. The number of carbonyl (C=O) groups excluding carboxylic acids is 3. The van der Waals surface area contributed by atoms with Gasteiger partial charge in [0, 0.05) is 49.3 Å². The second kappa shape index (κ2) is 10.7. The average molecular weight is 521 g/mol. The lowest BCUT2D eigenvalue weighted by Gasteiger charge is -2.34. The first-order chi connectivity index (χ1) is 17.8. The number of nitrogens with zero attached hydrogens (tertiary/aromatic N) is 3. The fourth-order valence-electron chi connectivity index (χ4n) is 5.93. The summed E-state index contributed by atoms with van der Waals surface area (Å²) in [4.78, 5) is 43.0. The number of aryl methyl sites for hydroxylation is 1. The Balaban J connectivity index is 1.54. The molecule has 3 amide bonds. The molecule has 1 fully saturated rings. The number of amides is 3. The zero-order valence-electron chi connectivity index (χ0n) is 23.2. The second-order valence-electron chi connectivity index (χ2n) is 12.2. The van der Waals surface area contributed by atoms with E-state index in [0.717, 1.165) is 27.6 Å². The van der Waals surface area contributed by atoms with E-state index in [1.165, 1.54) is 6.08 Å². The highest BCUT2D eigenvalue weighted by Gasteiger charge is 2.36. The lowest BCUT2D eigenvalue weighted by atomic mass is 9.87. The molecule has 0 radical (unpaired) electrons. The van der Waals surface area contributed by atoms with Crippen LogP contribution in [-0.4, -0.2) is 63.1 Å². The summed E-state index contributed by atoms with van der Waals surface area (Å²) in [5.41, 5.74) is 10.5. The Labute approximate surface area is 224 Å².